The summed E-state index contributed by atoms with van der Waals surface area (Å²) < 4.78 is 11.6. The highest BCUT2D eigenvalue weighted by molar-refractivity contribution is 6.16. The fraction of sp³-hybridized carbons (Fsp3) is 0.154. The van der Waals surface area contributed by atoms with Crippen LogP contribution in [0.15, 0.2) is 72.8 Å². The van der Waals surface area contributed by atoms with Crippen LogP contribution in [0.1, 0.15) is 37.2 Å². The number of hydrogen-bond donors (Lipinski definition) is 0. The highest BCUT2D eigenvalue weighted by Crippen LogP contribution is 2.53. The first kappa shape index (κ1) is 18.4. The van der Waals surface area contributed by atoms with E-state index in [2.05, 4.69) is 18.2 Å². The van der Waals surface area contributed by atoms with E-state index in [0.29, 0.717) is 0 Å². The Bertz CT molecular complexity index is 1320. The van der Waals surface area contributed by atoms with Gasteiger partial charge in [-0.05, 0) is 32.7 Å². The minimum absolute atomic E-state index is 0.416. The summed E-state index contributed by atoms with van der Waals surface area (Å²) >= 11 is 0. The van der Waals surface area contributed by atoms with Gasteiger partial charge in [-0.1, -0.05) is 72.8 Å². The molecule has 4 nitrogen and oxygen atoms in total. The molecule has 0 unspecified atom stereocenters. The smallest absolute Gasteiger partial charge is 0.303 e. The zero-order valence-corrected chi connectivity index (χ0v) is 16.7. The molecule has 5 rings (SSSR count). The first-order valence-corrected chi connectivity index (χ1v) is 9.93. The maximum Gasteiger partial charge on any atom is 0.303 e. The SMILES string of the molecule is CC(=O)O[C@H]1c2ccccc2-c2c(c3ccccc3c3ccccc23)[C@@H]1OC(C)=O. The summed E-state index contributed by atoms with van der Waals surface area (Å²) in [7, 11) is 0. The average Bonchev–Trinajstić information content (AvgIpc) is 2.75. The number of carbonyl (C=O) groups is 2. The minimum atomic E-state index is -0.731. The maximum absolute atomic E-state index is 12.1. The molecule has 4 aromatic rings. The van der Waals surface area contributed by atoms with Crippen molar-refractivity contribution in [1.82, 2.24) is 0 Å². The minimum Gasteiger partial charge on any atom is -0.453 e. The molecule has 4 heteroatoms. The number of benzene rings is 4. The van der Waals surface area contributed by atoms with E-state index < -0.39 is 24.1 Å². The lowest BCUT2D eigenvalue weighted by atomic mass is 9.77. The second kappa shape index (κ2) is 6.99. The molecule has 1 aliphatic carbocycles. The number of rotatable bonds is 2. The third-order valence-electron chi connectivity index (χ3n) is 5.66. The van der Waals surface area contributed by atoms with Crippen molar-refractivity contribution < 1.29 is 19.1 Å². The number of ether oxygens (including phenoxy) is 2. The van der Waals surface area contributed by atoms with Gasteiger partial charge >= 0.3 is 11.9 Å². The Labute approximate surface area is 174 Å². The summed E-state index contributed by atoms with van der Waals surface area (Å²) in [5.41, 5.74) is 3.73. The van der Waals surface area contributed by atoms with E-state index in [9.17, 15) is 9.59 Å². The van der Waals surface area contributed by atoms with Gasteiger partial charge in [0.15, 0.2) is 12.2 Å². The largest absolute Gasteiger partial charge is 0.453 e. The second-order valence-corrected chi connectivity index (χ2v) is 7.53. The molecule has 4 aromatic carbocycles. The van der Waals surface area contributed by atoms with Gasteiger partial charge in [0.05, 0.1) is 0 Å². The van der Waals surface area contributed by atoms with E-state index in [1.807, 2.05) is 54.6 Å². The number of carbonyl (C=O) groups excluding carboxylic acids is 2. The molecule has 0 heterocycles. The molecule has 0 fully saturated rings. The van der Waals surface area contributed by atoms with E-state index in [-0.39, 0.29) is 0 Å². The predicted molar refractivity (Wildman–Crippen MR) is 116 cm³/mol. The molecule has 148 valence electrons. The molecule has 0 aromatic heterocycles. The lowest BCUT2D eigenvalue weighted by Crippen LogP contribution is -2.26. The fourth-order valence-corrected chi connectivity index (χ4v) is 4.65. The van der Waals surface area contributed by atoms with E-state index in [0.717, 1.165) is 43.8 Å². The van der Waals surface area contributed by atoms with Gasteiger partial charge in [0.1, 0.15) is 0 Å². The highest BCUT2D eigenvalue weighted by Gasteiger charge is 2.40. The first-order valence-electron chi connectivity index (χ1n) is 9.93. The zero-order valence-electron chi connectivity index (χ0n) is 16.7. The molecule has 0 N–H and O–H groups in total. The van der Waals surface area contributed by atoms with Gasteiger partial charge in [0.25, 0.3) is 0 Å². The van der Waals surface area contributed by atoms with Crippen molar-refractivity contribution in [3.05, 3.63) is 83.9 Å². The van der Waals surface area contributed by atoms with E-state index in [1.165, 1.54) is 13.8 Å². The maximum atomic E-state index is 12.1. The summed E-state index contributed by atoms with van der Waals surface area (Å²) in [4.78, 5) is 24.1. The van der Waals surface area contributed by atoms with Crippen LogP contribution in [0.2, 0.25) is 0 Å². The van der Waals surface area contributed by atoms with Gasteiger partial charge in [0.2, 0.25) is 0 Å². The lowest BCUT2D eigenvalue weighted by Gasteiger charge is -2.35. The Morgan fingerprint density at radius 1 is 0.633 bits per heavy atom. The van der Waals surface area contributed by atoms with Gasteiger partial charge in [-0.2, -0.15) is 0 Å². The van der Waals surface area contributed by atoms with Gasteiger partial charge in [-0.15, -0.1) is 0 Å². The van der Waals surface area contributed by atoms with Crippen molar-refractivity contribution in [2.45, 2.75) is 26.1 Å². The molecule has 0 aliphatic heterocycles. The van der Waals surface area contributed by atoms with Crippen LogP contribution in [0.4, 0.5) is 0 Å². The monoisotopic (exact) mass is 396 g/mol. The van der Waals surface area contributed by atoms with Crippen LogP contribution in [0, 0.1) is 0 Å². The topological polar surface area (TPSA) is 52.6 Å². The highest BCUT2D eigenvalue weighted by atomic mass is 16.6. The van der Waals surface area contributed by atoms with Crippen LogP contribution in [0.25, 0.3) is 32.7 Å². The summed E-state index contributed by atoms with van der Waals surface area (Å²) in [5.74, 6) is -0.833. The van der Waals surface area contributed by atoms with Crippen LogP contribution in [0.5, 0.6) is 0 Å². The molecule has 0 spiro atoms. The molecular formula is C26H20O4. The van der Waals surface area contributed by atoms with Crippen molar-refractivity contribution in [1.29, 1.82) is 0 Å². The van der Waals surface area contributed by atoms with Crippen molar-refractivity contribution in [3.63, 3.8) is 0 Å². The van der Waals surface area contributed by atoms with E-state index in [1.54, 1.807) is 0 Å². The Balaban J connectivity index is 1.97. The fourth-order valence-electron chi connectivity index (χ4n) is 4.65. The van der Waals surface area contributed by atoms with Crippen LogP contribution in [-0.2, 0) is 19.1 Å². The second-order valence-electron chi connectivity index (χ2n) is 7.53. The Hall–Kier alpha value is -3.66. The summed E-state index contributed by atoms with van der Waals surface area (Å²) in [6.45, 7) is 2.76. The molecule has 30 heavy (non-hydrogen) atoms. The normalized spacial score (nSPS) is 17.3. The van der Waals surface area contributed by atoms with Crippen LogP contribution < -0.4 is 0 Å². The van der Waals surface area contributed by atoms with Crippen molar-refractivity contribution in [2.24, 2.45) is 0 Å². The first-order chi connectivity index (χ1) is 14.6. The van der Waals surface area contributed by atoms with Crippen molar-refractivity contribution in [3.8, 4) is 11.1 Å². The molecular weight excluding hydrogens is 376 g/mol. The van der Waals surface area contributed by atoms with E-state index in [4.69, 9.17) is 9.47 Å². The molecule has 0 saturated heterocycles. The molecule has 0 bridgehead atoms. The van der Waals surface area contributed by atoms with Gasteiger partial charge in [0, 0.05) is 25.0 Å². The number of esters is 2. The van der Waals surface area contributed by atoms with Crippen molar-refractivity contribution >= 4 is 33.5 Å². The standard InChI is InChI=1S/C26H20O4/c1-15(27)29-25-22-14-8-7-13-21(22)23-19-11-5-3-9-17(19)18-10-4-6-12-20(18)24(23)26(25)30-16(2)28/h3-14,25-26H,1-2H3/t25-,26-/m0/s1. The van der Waals surface area contributed by atoms with Crippen molar-refractivity contribution in [2.75, 3.05) is 0 Å². The third kappa shape index (κ3) is 2.76. The van der Waals surface area contributed by atoms with Gasteiger partial charge < -0.3 is 9.47 Å². The summed E-state index contributed by atoms with van der Waals surface area (Å²) in [6.07, 6.45) is -1.44. The zero-order chi connectivity index (χ0) is 20.8. The van der Waals surface area contributed by atoms with E-state index >= 15 is 0 Å². The summed E-state index contributed by atoms with van der Waals surface area (Å²) in [6, 6.07) is 24.2. The molecule has 0 radical (unpaired) electrons. The average molecular weight is 396 g/mol. The Morgan fingerprint density at radius 3 is 1.80 bits per heavy atom. The van der Waals surface area contributed by atoms with Crippen LogP contribution in [0.3, 0.4) is 0 Å². The summed E-state index contributed by atoms with van der Waals surface area (Å²) in [5, 5.41) is 4.28. The molecule has 0 saturated carbocycles. The number of fused-ring (bicyclic) bond motifs is 8. The molecule has 2 atom stereocenters. The number of hydrogen-bond acceptors (Lipinski definition) is 4. The molecule has 1 aliphatic rings. The van der Waals surface area contributed by atoms with Crippen LogP contribution >= 0.6 is 0 Å². The quantitative estimate of drug-likeness (QED) is 0.313. The third-order valence-corrected chi connectivity index (χ3v) is 5.66. The predicted octanol–water partition coefficient (Wildman–Crippen LogP) is 5.88. The Kier molecular flexibility index (Phi) is 4.28. The van der Waals surface area contributed by atoms with Gasteiger partial charge in [-0.25, -0.2) is 0 Å². The Morgan fingerprint density at radius 2 is 1.13 bits per heavy atom. The lowest BCUT2D eigenvalue weighted by molar-refractivity contribution is -0.167. The van der Waals surface area contributed by atoms with Crippen LogP contribution in [-0.4, -0.2) is 11.9 Å². The molecule has 0 amide bonds. The van der Waals surface area contributed by atoms with Gasteiger partial charge in [-0.3, -0.25) is 9.59 Å².